The highest BCUT2D eigenvalue weighted by Gasteiger charge is 2.04. The SMILES string of the molecule is COc1ccc(-c2ccc(C(C)=O)cc2)cc1Cl. The molecular formula is C15H13ClO2. The Labute approximate surface area is 111 Å². The van der Waals surface area contributed by atoms with Crippen LogP contribution >= 0.6 is 11.6 Å². The van der Waals surface area contributed by atoms with Crippen molar-refractivity contribution in [3.05, 3.63) is 53.1 Å². The minimum absolute atomic E-state index is 0.0642. The molecule has 3 heteroatoms. The molecule has 0 saturated heterocycles. The van der Waals surface area contributed by atoms with Crippen LogP contribution in [-0.2, 0) is 0 Å². The normalized spacial score (nSPS) is 10.2. The van der Waals surface area contributed by atoms with E-state index in [2.05, 4.69) is 0 Å². The number of carbonyl (C=O) groups excluding carboxylic acids is 1. The molecule has 0 spiro atoms. The van der Waals surface area contributed by atoms with E-state index in [-0.39, 0.29) is 5.78 Å². The van der Waals surface area contributed by atoms with Crippen LogP contribution in [0.15, 0.2) is 42.5 Å². The molecule has 0 N–H and O–H groups in total. The van der Waals surface area contributed by atoms with Gasteiger partial charge in [0.1, 0.15) is 5.75 Å². The third-order valence-electron chi connectivity index (χ3n) is 2.78. The van der Waals surface area contributed by atoms with Gasteiger partial charge in [0.25, 0.3) is 0 Å². The summed E-state index contributed by atoms with van der Waals surface area (Å²) in [5.74, 6) is 0.718. The van der Waals surface area contributed by atoms with Crippen molar-refractivity contribution in [1.82, 2.24) is 0 Å². The summed E-state index contributed by atoms with van der Waals surface area (Å²) in [5.41, 5.74) is 2.72. The van der Waals surface area contributed by atoms with Gasteiger partial charge in [0.15, 0.2) is 5.78 Å². The van der Waals surface area contributed by atoms with Gasteiger partial charge in [-0.25, -0.2) is 0 Å². The Kier molecular flexibility index (Phi) is 3.68. The van der Waals surface area contributed by atoms with E-state index < -0.39 is 0 Å². The average molecular weight is 261 g/mol. The number of ether oxygens (including phenoxy) is 1. The second kappa shape index (κ2) is 5.23. The van der Waals surface area contributed by atoms with Gasteiger partial charge in [-0.3, -0.25) is 4.79 Å². The van der Waals surface area contributed by atoms with Crippen LogP contribution in [0.1, 0.15) is 17.3 Å². The lowest BCUT2D eigenvalue weighted by molar-refractivity contribution is 0.101. The predicted octanol–water partition coefficient (Wildman–Crippen LogP) is 4.22. The van der Waals surface area contributed by atoms with Gasteiger partial charge in [-0.2, -0.15) is 0 Å². The van der Waals surface area contributed by atoms with Crippen LogP contribution in [0.3, 0.4) is 0 Å². The molecule has 0 saturated carbocycles. The number of benzene rings is 2. The molecule has 0 heterocycles. The number of hydrogen-bond acceptors (Lipinski definition) is 2. The molecule has 0 bridgehead atoms. The van der Waals surface area contributed by atoms with E-state index in [0.29, 0.717) is 16.3 Å². The number of ketones is 1. The summed E-state index contributed by atoms with van der Waals surface area (Å²) in [6.45, 7) is 1.55. The molecule has 0 amide bonds. The van der Waals surface area contributed by atoms with Gasteiger partial charge in [-0.1, -0.05) is 41.9 Å². The van der Waals surface area contributed by atoms with Gasteiger partial charge in [0, 0.05) is 5.56 Å². The Balaban J connectivity index is 2.36. The summed E-state index contributed by atoms with van der Waals surface area (Å²) >= 11 is 6.08. The molecule has 0 aliphatic carbocycles. The van der Waals surface area contributed by atoms with E-state index >= 15 is 0 Å². The summed E-state index contributed by atoms with van der Waals surface area (Å²) in [7, 11) is 1.59. The summed E-state index contributed by atoms with van der Waals surface area (Å²) in [5, 5.41) is 0.575. The third kappa shape index (κ3) is 2.54. The summed E-state index contributed by atoms with van der Waals surface area (Å²) < 4.78 is 5.11. The molecule has 0 radical (unpaired) electrons. The second-order valence-electron chi connectivity index (χ2n) is 3.98. The minimum Gasteiger partial charge on any atom is -0.495 e. The number of hydrogen-bond donors (Lipinski definition) is 0. The Morgan fingerprint density at radius 2 is 1.67 bits per heavy atom. The zero-order valence-electron chi connectivity index (χ0n) is 10.2. The molecule has 18 heavy (non-hydrogen) atoms. The molecule has 0 fully saturated rings. The third-order valence-corrected chi connectivity index (χ3v) is 3.07. The van der Waals surface area contributed by atoms with Gasteiger partial charge in [0.2, 0.25) is 0 Å². The van der Waals surface area contributed by atoms with E-state index in [4.69, 9.17) is 16.3 Å². The van der Waals surface area contributed by atoms with Crippen molar-refractivity contribution >= 4 is 17.4 Å². The number of carbonyl (C=O) groups is 1. The maximum Gasteiger partial charge on any atom is 0.159 e. The van der Waals surface area contributed by atoms with Crippen molar-refractivity contribution < 1.29 is 9.53 Å². The van der Waals surface area contributed by atoms with Crippen LogP contribution < -0.4 is 4.74 Å². The van der Waals surface area contributed by atoms with Gasteiger partial charge >= 0.3 is 0 Å². The molecule has 0 aliphatic rings. The van der Waals surface area contributed by atoms with Crippen LogP contribution in [-0.4, -0.2) is 12.9 Å². The highest BCUT2D eigenvalue weighted by atomic mass is 35.5. The van der Waals surface area contributed by atoms with Crippen LogP contribution in [0, 0.1) is 0 Å². The van der Waals surface area contributed by atoms with E-state index in [1.807, 2.05) is 42.5 Å². The summed E-state index contributed by atoms with van der Waals surface area (Å²) in [4.78, 5) is 11.2. The molecule has 2 nitrogen and oxygen atoms in total. The zero-order chi connectivity index (χ0) is 13.1. The smallest absolute Gasteiger partial charge is 0.159 e. The summed E-state index contributed by atoms with van der Waals surface area (Å²) in [6, 6.07) is 13.1. The average Bonchev–Trinajstić information content (AvgIpc) is 2.38. The monoisotopic (exact) mass is 260 g/mol. The number of Topliss-reactive ketones (excluding diaryl/α,β-unsaturated/α-hetero) is 1. The molecule has 92 valence electrons. The second-order valence-corrected chi connectivity index (χ2v) is 4.39. The van der Waals surface area contributed by atoms with Crippen molar-refractivity contribution in [1.29, 1.82) is 0 Å². The Hall–Kier alpha value is -1.80. The quantitative estimate of drug-likeness (QED) is 0.773. The fourth-order valence-electron chi connectivity index (χ4n) is 1.74. The standard InChI is InChI=1S/C15H13ClO2/c1-10(17)11-3-5-12(6-4-11)13-7-8-15(18-2)14(16)9-13/h3-9H,1-2H3. The van der Waals surface area contributed by atoms with E-state index in [1.165, 1.54) is 0 Å². The molecule has 0 aromatic heterocycles. The molecule has 0 unspecified atom stereocenters. The van der Waals surface area contributed by atoms with Crippen molar-refractivity contribution in [2.75, 3.05) is 7.11 Å². The Morgan fingerprint density at radius 3 is 2.17 bits per heavy atom. The maximum absolute atomic E-state index is 11.2. The van der Waals surface area contributed by atoms with Gasteiger partial charge < -0.3 is 4.74 Å². The first-order valence-corrected chi connectivity index (χ1v) is 5.94. The van der Waals surface area contributed by atoms with Crippen molar-refractivity contribution in [2.24, 2.45) is 0 Å². The van der Waals surface area contributed by atoms with E-state index in [0.717, 1.165) is 11.1 Å². The lowest BCUT2D eigenvalue weighted by Gasteiger charge is -2.06. The van der Waals surface area contributed by atoms with Gasteiger partial charge in [-0.15, -0.1) is 0 Å². The van der Waals surface area contributed by atoms with Gasteiger partial charge in [0.05, 0.1) is 12.1 Å². The van der Waals surface area contributed by atoms with Crippen LogP contribution in [0.5, 0.6) is 5.75 Å². The first-order chi connectivity index (χ1) is 8.61. The van der Waals surface area contributed by atoms with Crippen LogP contribution in [0.2, 0.25) is 5.02 Å². The Morgan fingerprint density at radius 1 is 1.06 bits per heavy atom. The van der Waals surface area contributed by atoms with Crippen LogP contribution in [0.25, 0.3) is 11.1 Å². The van der Waals surface area contributed by atoms with E-state index in [9.17, 15) is 4.79 Å². The predicted molar refractivity (Wildman–Crippen MR) is 73.4 cm³/mol. The first kappa shape index (κ1) is 12.7. The fourth-order valence-corrected chi connectivity index (χ4v) is 2.00. The van der Waals surface area contributed by atoms with Crippen molar-refractivity contribution in [3.8, 4) is 16.9 Å². The highest BCUT2D eigenvalue weighted by Crippen LogP contribution is 2.30. The van der Waals surface area contributed by atoms with Crippen LogP contribution in [0.4, 0.5) is 0 Å². The first-order valence-electron chi connectivity index (χ1n) is 5.56. The summed E-state index contributed by atoms with van der Waals surface area (Å²) in [6.07, 6.45) is 0. The lowest BCUT2D eigenvalue weighted by atomic mass is 10.0. The fraction of sp³-hybridized carbons (Fsp3) is 0.133. The topological polar surface area (TPSA) is 26.3 Å². The molecule has 2 aromatic rings. The van der Waals surface area contributed by atoms with Crippen molar-refractivity contribution in [2.45, 2.75) is 6.92 Å². The van der Waals surface area contributed by atoms with Gasteiger partial charge in [-0.05, 0) is 30.2 Å². The molecule has 2 rings (SSSR count). The lowest BCUT2D eigenvalue weighted by Crippen LogP contribution is -1.91. The molecular weight excluding hydrogens is 248 g/mol. The molecule has 2 aromatic carbocycles. The Bertz CT molecular complexity index is 574. The highest BCUT2D eigenvalue weighted by molar-refractivity contribution is 6.32. The maximum atomic E-state index is 11.2. The molecule has 0 aliphatic heterocycles. The molecule has 0 atom stereocenters. The number of halogens is 1. The number of methoxy groups -OCH3 is 1. The zero-order valence-corrected chi connectivity index (χ0v) is 11.0. The van der Waals surface area contributed by atoms with E-state index in [1.54, 1.807) is 14.0 Å². The minimum atomic E-state index is 0.0642. The largest absolute Gasteiger partial charge is 0.495 e. The van der Waals surface area contributed by atoms with Crippen molar-refractivity contribution in [3.63, 3.8) is 0 Å². The number of rotatable bonds is 3.